The van der Waals surface area contributed by atoms with Gasteiger partial charge in [0.05, 0.1) is 12.1 Å². The zero-order valence-corrected chi connectivity index (χ0v) is 11.1. The van der Waals surface area contributed by atoms with Crippen molar-refractivity contribution >= 4 is 17.2 Å². The van der Waals surface area contributed by atoms with E-state index in [9.17, 15) is 4.79 Å². The van der Waals surface area contributed by atoms with Gasteiger partial charge in [0.1, 0.15) is 5.01 Å². The lowest BCUT2D eigenvalue weighted by molar-refractivity contribution is -0.121. The number of rotatable bonds is 3. The van der Waals surface area contributed by atoms with Crippen LogP contribution in [-0.4, -0.2) is 16.4 Å². The fourth-order valence-corrected chi connectivity index (χ4v) is 2.29. The summed E-state index contributed by atoms with van der Waals surface area (Å²) in [5, 5.41) is 3.82. The molecule has 0 radical (unpaired) electrons. The molecule has 3 N–H and O–H groups in total. The van der Waals surface area contributed by atoms with Crippen LogP contribution in [0.25, 0.3) is 0 Å². The average Bonchev–Trinajstić information content (AvgIpc) is 2.44. The Balaban J connectivity index is 2.66. The molecular weight excluding hydrogens is 222 g/mol. The van der Waals surface area contributed by atoms with Crippen molar-refractivity contribution in [3.05, 3.63) is 15.6 Å². The molecule has 0 unspecified atom stereocenters. The molecule has 0 aromatic carbocycles. The second kappa shape index (κ2) is 4.93. The first-order chi connectivity index (χ1) is 7.31. The molecule has 0 atom stereocenters. The van der Waals surface area contributed by atoms with Crippen molar-refractivity contribution in [1.29, 1.82) is 0 Å². The van der Waals surface area contributed by atoms with Crippen molar-refractivity contribution in [3.63, 3.8) is 0 Å². The number of hydrogen-bond donors (Lipinski definition) is 2. The van der Waals surface area contributed by atoms with Crippen LogP contribution >= 0.6 is 11.3 Å². The molecule has 90 valence electrons. The largest absolute Gasteiger partial charge is 0.351 e. The lowest BCUT2D eigenvalue weighted by Gasteiger charge is -2.20. The molecule has 1 rings (SSSR count). The molecule has 0 fully saturated rings. The van der Waals surface area contributed by atoms with E-state index in [0.29, 0.717) is 13.0 Å². The van der Waals surface area contributed by atoms with Crippen LogP contribution in [-0.2, 0) is 17.8 Å². The fraction of sp³-hybridized carbons (Fsp3) is 0.636. The predicted molar refractivity (Wildman–Crippen MR) is 66.3 cm³/mol. The van der Waals surface area contributed by atoms with Gasteiger partial charge in [0, 0.05) is 17.0 Å². The molecule has 1 aromatic heterocycles. The third-order valence-corrected chi connectivity index (χ3v) is 3.13. The first kappa shape index (κ1) is 13.1. The van der Waals surface area contributed by atoms with E-state index in [-0.39, 0.29) is 11.4 Å². The fourth-order valence-electron chi connectivity index (χ4n) is 1.35. The van der Waals surface area contributed by atoms with Gasteiger partial charge in [-0.15, -0.1) is 11.3 Å². The lowest BCUT2D eigenvalue weighted by Crippen LogP contribution is -2.41. The SMILES string of the molecule is Cc1nc(CN)sc1CC(=O)NC(C)(C)C. The van der Waals surface area contributed by atoms with E-state index < -0.39 is 0 Å². The summed E-state index contributed by atoms with van der Waals surface area (Å²) < 4.78 is 0. The van der Waals surface area contributed by atoms with E-state index in [1.54, 1.807) is 0 Å². The van der Waals surface area contributed by atoms with E-state index >= 15 is 0 Å². The van der Waals surface area contributed by atoms with Gasteiger partial charge in [-0.1, -0.05) is 0 Å². The van der Waals surface area contributed by atoms with Gasteiger partial charge in [-0.05, 0) is 27.7 Å². The van der Waals surface area contributed by atoms with Crippen LogP contribution in [0.2, 0.25) is 0 Å². The minimum absolute atomic E-state index is 0.0304. The predicted octanol–water partition coefficient (Wildman–Crippen LogP) is 1.37. The third-order valence-electron chi connectivity index (χ3n) is 1.95. The van der Waals surface area contributed by atoms with Gasteiger partial charge in [-0.2, -0.15) is 0 Å². The van der Waals surface area contributed by atoms with Gasteiger partial charge in [-0.3, -0.25) is 4.79 Å². The van der Waals surface area contributed by atoms with Crippen LogP contribution in [0, 0.1) is 6.92 Å². The monoisotopic (exact) mass is 241 g/mol. The number of thiazole rings is 1. The number of carbonyl (C=O) groups is 1. The maximum atomic E-state index is 11.7. The molecule has 5 heteroatoms. The molecule has 1 aromatic rings. The maximum Gasteiger partial charge on any atom is 0.225 e. The number of nitrogens with one attached hydrogen (secondary N) is 1. The minimum atomic E-state index is -0.188. The summed E-state index contributed by atoms with van der Waals surface area (Å²) in [6.07, 6.45) is 0.390. The Morgan fingerprint density at radius 1 is 1.50 bits per heavy atom. The molecule has 0 spiro atoms. The third kappa shape index (κ3) is 3.90. The van der Waals surface area contributed by atoms with E-state index in [1.807, 2.05) is 27.7 Å². The number of aryl methyl sites for hydroxylation is 1. The second-order valence-corrected chi connectivity index (χ2v) is 5.96. The number of carbonyl (C=O) groups excluding carboxylic acids is 1. The Morgan fingerprint density at radius 2 is 2.12 bits per heavy atom. The number of aromatic nitrogens is 1. The Hall–Kier alpha value is -0.940. The van der Waals surface area contributed by atoms with E-state index in [0.717, 1.165) is 15.6 Å². The number of hydrogen-bond acceptors (Lipinski definition) is 4. The van der Waals surface area contributed by atoms with Crippen molar-refractivity contribution < 1.29 is 4.79 Å². The molecule has 0 aliphatic rings. The molecule has 0 saturated carbocycles. The Labute approximate surface area is 100 Å². The second-order valence-electron chi connectivity index (χ2n) is 4.80. The number of nitrogens with zero attached hydrogens (tertiary/aromatic N) is 1. The summed E-state index contributed by atoms with van der Waals surface area (Å²) in [4.78, 5) is 17.0. The zero-order valence-electron chi connectivity index (χ0n) is 10.3. The summed E-state index contributed by atoms with van der Waals surface area (Å²) in [5.74, 6) is 0.0304. The molecule has 1 amide bonds. The van der Waals surface area contributed by atoms with Crippen molar-refractivity contribution in [1.82, 2.24) is 10.3 Å². The van der Waals surface area contributed by atoms with Crippen LogP contribution in [0.15, 0.2) is 0 Å². The smallest absolute Gasteiger partial charge is 0.225 e. The van der Waals surface area contributed by atoms with Crippen molar-refractivity contribution in [3.8, 4) is 0 Å². The highest BCUT2D eigenvalue weighted by molar-refractivity contribution is 7.11. The summed E-state index contributed by atoms with van der Waals surface area (Å²) >= 11 is 1.52. The van der Waals surface area contributed by atoms with Gasteiger partial charge in [-0.25, -0.2) is 4.98 Å². The van der Waals surface area contributed by atoms with Crippen LogP contribution in [0.1, 0.15) is 36.3 Å². The van der Waals surface area contributed by atoms with Crippen molar-refractivity contribution in [2.24, 2.45) is 5.73 Å². The summed E-state index contributed by atoms with van der Waals surface area (Å²) in [7, 11) is 0. The molecule has 1 heterocycles. The van der Waals surface area contributed by atoms with Crippen LogP contribution < -0.4 is 11.1 Å². The summed E-state index contributed by atoms with van der Waals surface area (Å²) in [6, 6.07) is 0. The van der Waals surface area contributed by atoms with Crippen LogP contribution in [0.5, 0.6) is 0 Å². The highest BCUT2D eigenvalue weighted by Gasteiger charge is 2.16. The first-order valence-electron chi connectivity index (χ1n) is 5.28. The highest BCUT2D eigenvalue weighted by atomic mass is 32.1. The van der Waals surface area contributed by atoms with Gasteiger partial charge in [0.15, 0.2) is 0 Å². The molecule has 16 heavy (non-hydrogen) atoms. The van der Waals surface area contributed by atoms with E-state index in [2.05, 4.69) is 10.3 Å². The van der Waals surface area contributed by atoms with Crippen molar-refractivity contribution in [2.45, 2.75) is 46.2 Å². The summed E-state index contributed by atoms with van der Waals surface area (Å²) in [6.45, 7) is 8.25. The van der Waals surface area contributed by atoms with Gasteiger partial charge in [0.2, 0.25) is 5.91 Å². The molecule has 0 aliphatic carbocycles. The zero-order chi connectivity index (χ0) is 12.3. The topological polar surface area (TPSA) is 68.0 Å². The lowest BCUT2D eigenvalue weighted by atomic mass is 10.1. The maximum absolute atomic E-state index is 11.7. The van der Waals surface area contributed by atoms with Gasteiger partial charge in [0.25, 0.3) is 0 Å². The standard InChI is InChI=1S/C11H19N3OS/c1-7-8(16-10(6-12)13-7)5-9(15)14-11(2,3)4/h5-6,12H2,1-4H3,(H,14,15). The molecule has 0 saturated heterocycles. The Morgan fingerprint density at radius 3 is 2.56 bits per heavy atom. The van der Waals surface area contributed by atoms with Crippen LogP contribution in [0.4, 0.5) is 0 Å². The first-order valence-corrected chi connectivity index (χ1v) is 6.09. The molecular formula is C11H19N3OS. The molecule has 0 bridgehead atoms. The van der Waals surface area contributed by atoms with Crippen LogP contribution in [0.3, 0.4) is 0 Å². The Bertz CT molecular complexity index is 379. The summed E-state index contributed by atoms with van der Waals surface area (Å²) in [5.41, 5.74) is 6.24. The number of nitrogens with two attached hydrogens (primary N) is 1. The van der Waals surface area contributed by atoms with Crippen molar-refractivity contribution in [2.75, 3.05) is 0 Å². The molecule has 0 aliphatic heterocycles. The van der Waals surface area contributed by atoms with Gasteiger partial charge < -0.3 is 11.1 Å². The Kier molecular flexibility index (Phi) is 4.04. The molecule has 4 nitrogen and oxygen atoms in total. The van der Waals surface area contributed by atoms with E-state index in [1.165, 1.54) is 11.3 Å². The average molecular weight is 241 g/mol. The van der Waals surface area contributed by atoms with Gasteiger partial charge >= 0.3 is 0 Å². The quantitative estimate of drug-likeness (QED) is 0.839. The number of amides is 1. The van der Waals surface area contributed by atoms with E-state index in [4.69, 9.17) is 5.73 Å². The highest BCUT2D eigenvalue weighted by Crippen LogP contribution is 2.18. The normalized spacial score (nSPS) is 11.6. The minimum Gasteiger partial charge on any atom is -0.351 e.